The number of nitrogens with zero attached hydrogens (tertiary/aromatic N) is 2. The van der Waals surface area contributed by atoms with Gasteiger partial charge in [0.15, 0.2) is 5.96 Å². The van der Waals surface area contributed by atoms with Crippen molar-refractivity contribution in [2.75, 3.05) is 33.3 Å². The van der Waals surface area contributed by atoms with Gasteiger partial charge in [0.1, 0.15) is 0 Å². The maximum atomic E-state index is 5.81. The minimum absolute atomic E-state index is 0. The molecule has 5 nitrogen and oxygen atoms in total. The molecule has 0 amide bonds. The van der Waals surface area contributed by atoms with Crippen molar-refractivity contribution in [2.45, 2.75) is 45.3 Å². The van der Waals surface area contributed by atoms with E-state index in [0.29, 0.717) is 18.5 Å². The van der Waals surface area contributed by atoms with Crippen LogP contribution in [0.25, 0.3) is 0 Å². The zero-order valence-corrected chi connectivity index (χ0v) is 14.7. The molecule has 1 aliphatic heterocycles. The van der Waals surface area contributed by atoms with Crippen LogP contribution in [0.1, 0.15) is 33.1 Å². The molecule has 3 N–H and O–H groups in total. The Balaban J connectivity index is 0.00000324. The third-order valence-electron chi connectivity index (χ3n) is 3.60. The molecule has 2 atom stereocenters. The van der Waals surface area contributed by atoms with Crippen LogP contribution in [0.3, 0.4) is 0 Å². The third-order valence-corrected chi connectivity index (χ3v) is 3.60. The number of halogens is 1. The molecule has 1 aliphatic rings. The van der Waals surface area contributed by atoms with E-state index in [0.717, 1.165) is 32.5 Å². The van der Waals surface area contributed by atoms with Crippen molar-refractivity contribution in [2.24, 2.45) is 10.7 Å². The monoisotopic (exact) mass is 384 g/mol. The lowest BCUT2D eigenvalue weighted by atomic mass is 10.2. The van der Waals surface area contributed by atoms with E-state index in [1.807, 2.05) is 0 Å². The van der Waals surface area contributed by atoms with Crippen molar-refractivity contribution in [3.8, 4) is 0 Å². The van der Waals surface area contributed by atoms with Crippen LogP contribution in [0, 0.1) is 0 Å². The summed E-state index contributed by atoms with van der Waals surface area (Å²) in [5.74, 6) is 0.531. The fraction of sp³-hybridized carbons (Fsp3) is 0.923. The van der Waals surface area contributed by atoms with E-state index < -0.39 is 0 Å². The number of hydrogen-bond donors (Lipinski definition) is 2. The van der Waals surface area contributed by atoms with Gasteiger partial charge >= 0.3 is 0 Å². The third kappa shape index (κ3) is 7.94. The average Bonchev–Trinajstić information content (AvgIpc) is 2.88. The predicted molar refractivity (Wildman–Crippen MR) is 91.3 cm³/mol. The normalized spacial score (nSPS) is 21.3. The zero-order chi connectivity index (χ0) is 13.4. The van der Waals surface area contributed by atoms with Crippen LogP contribution in [0.2, 0.25) is 0 Å². The van der Waals surface area contributed by atoms with Crippen molar-refractivity contribution in [1.82, 2.24) is 10.2 Å². The number of guanidine groups is 1. The summed E-state index contributed by atoms with van der Waals surface area (Å²) in [6.45, 7) is 7.79. The van der Waals surface area contributed by atoms with E-state index in [-0.39, 0.29) is 30.1 Å². The van der Waals surface area contributed by atoms with Crippen molar-refractivity contribution < 1.29 is 4.74 Å². The Kier molecular flexibility index (Phi) is 10.6. The molecule has 0 aliphatic carbocycles. The van der Waals surface area contributed by atoms with Crippen molar-refractivity contribution in [3.63, 3.8) is 0 Å². The van der Waals surface area contributed by atoms with Crippen LogP contribution in [-0.2, 0) is 4.74 Å². The van der Waals surface area contributed by atoms with Crippen LogP contribution >= 0.6 is 24.0 Å². The lowest BCUT2D eigenvalue weighted by Crippen LogP contribution is -2.40. The number of ether oxygens (including phenoxy) is 1. The lowest BCUT2D eigenvalue weighted by molar-refractivity contribution is 0.117. The SMILES string of the molecule is CCC(C)N(C)CCNC(N)=NCC1CCCO1.I. The average molecular weight is 384 g/mol. The second-order valence-electron chi connectivity index (χ2n) is 5.03. The minimum atomic E-state index is 0. The summed E-state index contributed by atoms with van der Waals surface area (Å²) >= 11 is 0. The number of likely N-dealkylation sites (N-methyl/N-ethyl adjacent to an activating group) is 1. The highest BCUT2D eigenvalue weighted by Crippen LogP contribution is 2.11. The zero-order valence-electron chi connectivity index (χ0n) is 12.4. The van der Waals surface area contributed by atoms with Crippen molar-refractivity contribution >= 4 is 29.9 Å². The van der Waals surface area contributed by atoms with Crippen LogP contribution in [0.5, 0.6) is 0 Å². The Morgan fingerprint density at radius 3 is 2.89 bits per heavy atom. The summed E-state index contributed by atoms with van der Waals surface area (Å²) in [5, 5.41) is 3.15. The highest BCUT2D eigenvalue weighted by atomic mass is 127. The molecule has 114 valence electrons. The first-order valence-electron chi connectivity index (χ1n) is 6.99. The molecule has 0 radical (unpaired) electrons. The molecule has 19 heavy (non-hydrogen) atoms. The number of nitrogens with two attached hydrogens (primary N) is 1. The fourth-order valence-electron chi connectivity index (χ4n) is 1.94. The van der Waals surface area contributed by atoms with Crippen LogP contribution in [0.4, 0.5) is 0 Å². The van der Waals surface area contributed by atoms with Crippen LogP contribution in [-0.4, -0.2) is 56.3 Å². The number of nitrogens with one attached hydrogen (secondary N) is 1. The summed E-state index contributed by atoms with van der Waals surface area (Å²) in [6.07, 6.45) is 3.69. The molecule has 0 spiro atoms. The molecule has 1 fully saturated rings. The second-order valence-corrected chi connectivity index (χ2v) is 5.03. The minimum Gasteiger partial charge on any atom is -0.376 e. The Bertz CT molecular complexity index is 257. The summed E-state index contributed by atoms with van der Waals surface area (Å²) in [7, 11) is 2.13. The van der Waals surface area contributed by atoms with Gasteiger partial charge in [-0.15, -0.1) is 24.0 Å². The van der Waals surface area contributed by atoms with E-state index in [4.69, 9.17) is 10.5 Å². The molecule has 6 heteroatoms. The molecule has 0 aromatic rings. The van der Waals surface area contributed by atoms with Gasteiger partial charge < -0.3 is 20.7 Å². The molecule has 0 saturated carbocycles. The molecule has 1 rings (SSSR count). The maximum Gasteiger partial charge on any atom is 0.188 e. The first-order chi connectivity index (χ1) is 8.63. The van der Waals surface area contributed by atoms with E-state index in [1.165, 1.54) is 6.42 Å². The summed E-state index contributed by atoms with van der Waals surface area (Å²) in [5.41, 5.74) is 5.81. The Hall–Kier alpha value is -0.0800. The van der Waals surface area contributed by atoms with E-state index in [1.54, 1.807) is 0 Å². The van der Waals surface area contributed by atoms with E-state index in [2.05, 4.69) is 36.1 Å². The molecule has 1 heterocycles. The van der Waals surface area contributed by atoms with Gasteiger partial charge in [0.2, 0.25) is 0 Å². The molecule has 1 saturated heterocycles. The van der Waals surface area contributed by atoms with Gasteiger partial charge in [-0.05, 0) is 33.2 Å². The molecule has 0 aromatic carbocycles. The van der Waals surface area contributed by atoms with E-state index >= 15 is 0 Å². The summed E-state index contributed by atoms with van der Waals surface area (Å²) in [4.78, 5) is 6.63. The molecule has 2 unspecified atom stereocenters. The second kappa shape index (κ2) is 10.7. The Morgan fingerprint density at radius 1 is 1.58 bits per heavy atom. The highest BCUT2D eigenvalue weighted by molar-refractivity contribution is 14.0. The molecular formula is C13H29IN4O. The van der Waals surface area contributed by atoms with Gasteiger partial charge in [0.05, 0.1) is 12.6 Å². The molecule has 0 bridgehead atoms. The van der Waals surface area contributed by atoms with Crippen molar-refractivity contribution in [3.05, 3.63) is 0 Å². The number of aliphatic imine (C=N–C) groups is 1. The maximum absolute atomic E-state index is 5.81. The lowest BCUT2D eigenvalue weighted by Gasteiger charge is -2.23. The Labute approximate surface area is 134 Å². The smallest absolute Gasteiger partial charge is 0.188 e. The first-order valence-corrected chi connectivity index (χ1v) is 6.99. The fourth-order valence-corrected chi connectivity index (χ4v) is 1.94. The number of rotatable bonds is 7. The van der Waals surface area contributed by atoms with Gasteiger partial charge in [-0.25, -0.2) is 0 Å². The standard InChI is InChI=1S/C13H28N4O.HI/c1-4-11(2)17(3)8-7-15-13(14)16-10-12-6-5-9-18-12;/h11-12H,4-10H2,1-3H3,(H3,14,15,16);1H. The largest absolute Gasteiger partial charge is 0.376 e. The van der Waals surface area contributed by atoms with Gasteiger partial charge in [0.25, 0.3) is 0 Å². The summed E-state index contributed by atoms with van der Waals surface area (Å²) in [6, 6.07) is 0.608. The van der Waals surface area contributed by atoms with E-state index in [9.17, 15) is 0 Å². The van der Waals surface area contributed by atoms with Crippen LogP contribution < -0.4 is 11.1 Å². The number of hydrogen-bond acceptors (Lipinski definition) is 3. The Morgan fingerprint density at radius 2 is 2.32 bits per heavy atom. The van der Waals surface area contributed by atoms with Crippen LogP contribution in [0.15, 0.2) is 4.99 Å². The van der Waals surface area contributed by atoms with Gasteiger partial charge in [-0.1, -0.05) is 6.92 Å². The quantitative estimate of drug-likeness (QED) is 0.396. The summed E-state index contributed by atoms with van der Waals surface area (Å²) < 4.78 is 5.49. The molecular weight excluding hydrogens is 355 g/mol. The molecule has 0 aromatic heterocycles. The van der Waals surface area contributed by atoms with Gasteiger partial charge in [-0.3, -0.25) is 4.99 Å². The van der Waals surface area contributed by atoms with Gasteiger partial charge in [-0.2, -0.15) is 0 Å². The predicted octanol–water partition coefficient (Wildman–Crippen LogP) is 1.42. The van der Waals surface area contributed by atoms with Crippen molar-refractivity contribution in [1.29, 1.82) is 0 Å². The topological polar surface area (TPSA) is 62.9 Å². The van der Waals surface area contributed by atoms with Gasteiger partial charge in [0, 0.05) is 25.7 Å². The highest BCUT2D eigenvalue weighted by Gasteiger charge is 2.14. The first kappa shape index (κ1) is 18.9.